The van der Waals surface area contributed by atoms with Gasteiger partial charge >= 0.3 is 0 Å². The van der Waals surface area contributed by atoms with Crippen LogP contribution in [0.15, 0.2) is 164 Å². The molecule has 2 heterocycles. The zero-order valence-corrected chi connectivity index (χ0v) is 33.5. The first kappa shape index (κ1) is 30.8. The van der Waals surface area contributed by atoms with Crippen LogP contribution in [0.25, 0.3) is 83.9 Å². The first-order valence-corrected chi connectivity index (χ1v) is 18.5. The Balaban J connectivity index is 0.00000544. The minimum absolute atomic E-state index is 0. The van der Waals surface area contributed by atoms with Crippen LogP contribution in [-0.4, -0.2) is 19.6 Å². The molecule has 0 radical (unpaired) electrons. The van der Waals surface area contributed by atoms with E-state index in [0.29, 0.717) is 39.4 Å². The molecular weight excluding hydrogens is 878 g/mol. The first-order chi connectivity index (χ1) is 29.7. The van der Waals surface area contributed by atoms with Crippen molar-refractivity contribution in [2.75, 3.05) is 0 Å². The Labute approximate surface area is 356 Å². The van der Waals surface area contributed by atoms with Crippen molar-refractivity contribution in [3.05, 3.63) is 192 Å². The summed E-state index contributed by atoms with van der Waals surface area (Å²) in [5.74, 6) is 0.599. The summed E-state index contributed by atoms with van der Waals surface area (Å²) in [6.07, 6.45) is 1.75. The minimum Gasteiger partial charge on any atom is -0.507 e. The Morgan fingerprint density at radius 1 is 0.561 bits per heavy atom. The molecule has 9 rings (SSSR count). The van der Waals surface area contributed by atoms with Crippen molar-refractivity contribution in [2.45, 2.75) is 27.6 Å². The normalized spacial score (nSPS) is 13.1. The summed E-state index contributed by atoms with van der Waals surface area (Å²) in [5, 5.41) is 11.7. The van der Waals surface area contributed by atoms with E-state index in [-0.39, 0.29) is 37.9 Å². The summed E-state index contributed by atoms with van der Waals surface area (Å²) in [6.45, 7) is -0.684. The monoisotopic (exact) mass is 923 g/mol. The van der Waals surface area contributed by atoms with E-state index in [2.05, 4.69) is 30.3 Å². The molecule has 0 unspecified atom stereocenters. The SMILES string of the molecule is [2H]C([2H])([2H])c1ccc(-c2ccnc(-c3[c-]c(-c4cccc5c4nc(-c4cc(C)cc(C)c4O)n5-c4ccc(C([2H])([2H])[2H])cc4-c4ccccc4)cc(-c4ccccc4)c3)c2)cc1.[Pt]. The standard InChI is InChI=1S/C52H40N3O.Pt/c1-33-18-21-38(22-19-33)40-24-25-53-47(32-40)43-30-41(37-12-7-5-8-13-37)29-42(31-43)44-16-11-17-49-50(44)54-52(46-28-35(3)26-36(4)51(46)56)55(49)48-23-20-34(2)27-45(48)39-14-9-6-10-15-39;/h5-30,32,56H,1-4H3;/q-1;/i1D3,2D3;. The summed E-state index contributed by atoms with van der Waals surface area (Å²) in [5.41, 5.74) is 13.0. The molecule has 4 nitrogen and oxygen atoms in total. The van der Waals surface area contributed by atoms with Gasteiger partial charge in [0.15, 0.2) is 0 Å². The van der Waals surface area contributed by atoms with Crippen molar-refractivity contribution in [3.8, 4) is 78.6 Å². The molecule has 0 saturated heterocycles. The number of aromatic hydroxyl groups is 1. The molecule has 0 bridgehead atoms. The predicted octanol–water partition coefficient (Wildman–Crippen LogP) is 13.2. The molecule has 0 spiro atoms. The Morgan fingerprint density at radius 3 is 2.00 bits per heavy atom. The molecular formula is C52H40N3OPt-. The van der Waals surface area contributed by atoms with Gasteiger partial charge in [-0.25, -0.2) is 4.98 Å². The summed E-state index contributed by atoms with van der Waals surface area (Å²) < 4.78 is 50.3. The van der Waals surface area contributed by atoms with E-state index in [4.69, 9.17) is 18.2 Å². The quantitative estimate of drug-likeness (QED) is 0.162. The number of benzene rings is 7. The number of para-hydroxylation sites is 1. The molecule has 280 valence electrons. The first-order valence-electron chi connectivity index (χ1n) is 21.5. The van der Waals surface area contributed by atoms with E-state index < -0.39 is 13.7 Å². The fraction of sp³-hybridized carbons (Fsp3) is 0.0769. The summed E-state index contributed by atoms with van der Waals surface area (Å²) in [4.78, 5) is 10.2. The van der Waals surface area contributed by atoms with E-state index in [1.54, 1.807) is 30.5 Å². The van der Waals surface area contributed by atoms with Gasteiger partial charge in [-0.15, -0.1) is 23.8 Å². The van der Waals surface area contributed by atoms with Crippen molar-refractivity contribution in [1.82, 2.24) is 14.5 Å². The van der Waals surface area contributed by atoms with Crippen LogP contribution >= 0.6 is 0 Å². The third kappa shape index (κ3) is 7.25. The fourth-order valence-electron chi connectivity index (χ4n) is 7.52. The van der Waals surface area contributed by atoms with E-state index in [1.807, 2.05) is 128 Å². The van der Waals surface area contributed by atoms with Gasteiger partial charge in [0.2, 0.25) is 0 Å². The molecule has 0 aliphatic carbocycles. The molecule has 2 aromatic heterocycles. The molecule has 9 aromatic rings. The van der Waals surface area contributed by atoms with Crippen molar-refractivity contribution < 1.29 is 34.4 Å². The van der Waals surface area contributed by atoms with Gasteiger partial charge in [-0.3, -0.25) is 9.55 Å². The number of hydrogen-bond donors (Lipinski definition) is 1. The van der Waals surface area contributed by atoms with Crippen LogP contribution in [0.2, 0.25) is 0 Å². The third-order valence-electron chi connectivity index (χ3n) is 10.2. The van der Waals surface area contributed by atoms with Crippen LogP contribution in [0, 0.1) is 33.6 Å². The van der Waals surface area contributed by atoms with Crippen LogP contribution in [0.1, 0.15) is 30.5 Å². The molecule has 0 fully saturated rings. The predicted molar refractivity (Wildman–Crippen MR) is 231 cm³/mol. The van der Waals surface area contributed by atoms with Gasteiger partial charge in [-0.2, -0.15) is 0 Å². The number of aryl methyl sites for hydroxylation is 4. The molecule has 1 N–H and O–H groups in total. The third-order valence-corrected chi connectivity index (χ3v) is 10.2. The molecule has 0 saturated carbocycles. The van der Waals surface area contributed by atoms with Crippen LogP contribution in [0.5, 0.6) is 5.75 Å². The maximum atomic E-state index is 11.7. The van der Waals surface area contributed by atoms with Crippen LogP contribution < -0.4 is 0 Å². The van der Waals surface area contributed by atoms with Crippen molar-refractivity contribution >= 4 is 11.0 Å². The van der Waals surface area contributed by atoms with Crippen molar-refractivity contribution in [1.29, 1.82) is 0 Å². The number of pyridine rings is 1. The van der Waals surface area contributed by atoms with E-state index >= 15 is 0 Å². The maximum absolute atomic E-state index is 11.7. The second-order valence-electron chi connectivity index (χ2n) is 14.1. The zero-order valence-electron chi connectivity index (χ0n) is 37.2. The Hall–Kier alpha value is -6.35. The van der Waals surface area contributed by atoms with Gasteiger partial charge in [0, 0.05) is 46.7 Å². The van der Waals surface area contributed by atoms with Crippen LogP contribution in [0.3, 0.4) is 0 Å². The number of hydrogen-bond acceptors (Lipinski definition) is 3. The summed E-state index contributed by atoms with van der Waals surface area (Å²) in [6, 6.07) is 53.5. The number of phenols is 1. The van der Waals surface area contributed by atoms with Gasteiger partial charge < -0.3 is 5.11 Å². The summed E-state index contributed by atoms with van der Waals surface area (Å²) >= 11 is 0. The maximum Gasteiger partial charge on any atom is 0.148 e. The molecule has 0 aliphatic rings. The molecule has 0 aliphatic heterocycles. The zero-order chi connectivity index (χ0) is 43.3. The molecule has 7 aromatic carbocycles. The van der Waals surface area contributed by atoms with E-state index in [1.165, 1.54) is 0 Å². The van der Waals surface area contributed by atoms with Gasteiger partial charge in [0.1, 0.15) is 11.6 Å². The number of rotatable bonds is 7. The smallest absolute Gasteiger partial charge is 0.148 e. The number of aromatic nitrogens is 3. The molecule has 5 heteroatoms. The Morgan fingerprint density at radius 2 is 1.25 bits per heavy atom. The fourth-order valence-corrected chi connectivity index (χ4v) is 7.52. The Kier molecular flexibility index (Phi) is 8.46. The average molecular weight is 924 g/mol. The topological polar surface area (TPSA) is 50.9 Å². The molecule has 57 heavy (non-hydrogen) atoms. The van der Waals surface area contributed by atoms with E-state index in [9.17, 15) is 5.11 Å². The summed E-state index contributed by atoms with van der Waals surface area (Å²) in [7, 11) is 0. The average Bonchev–Trinajstić information content (AvgIpc) is 3.67. The van der Waals surface area contributed by atoms with Crippen molar-refractivity contribution in [2.24, 2.45) is 0 Å². The molecule has 0 amide bonds. The van der Waals surface area contributed by atoms with Crippen molar-refractivity contribution in [3.63, 3.8) is 0 Å². The molecule has 0 atom stereocenters. The van der Waals surface area contributed by atoms with Gasteiger partial charge in [0.05, 0.1) is 22.3 Å². The number of imidazole rings is 1. The number of nitrogens with zero attached hydrogens (tertiary/aromatic N) is 3. The second-order valence-corrected chi connectivity index (χ2v) is 14.1. The van der Waals surface area contributed by atoms with Gasteiger partial charge in [-0.05, 0) is 91.3 Å². The minimum atomic E-state index is -2.34. The van der Waals surface area contributed by atoms with Crippen LogP contribution in [0.4, 0.5) is 0 Å². The largest absolute Gasteiger partial charge is 0.507 e. The van der Waals surface area contributed by atoms with Crippen LogP contribution in [-0.2, 0) is 21.1 Å². The number of fused-ring (bicyclic) bond motifs is 1. The second kappa shape index (κ2) is 15.7. The van der Waals surface area contributed by atoms with Gasteiger partial charge in [-0.1, -0.05) is 143 Å². The Bertz CT molecular complexity index is 3130. The van der Waals surface area contributed by atoms with Gasteiger partial charge in [0.25, 0.3) is 0 Å². The van der Waals surface area contributed by atoms with E-state index in [0.717, 1.165) is 55.6 Å². The number of phenolic OH excluding ortho intramolecular Hbond substituents is 1.